The third-order valence-electron chi connectivity index (χ3n) is 6.27. The molecule has 1 aliphatic heterocycles. The SMILES string of the molecule is C=C1\C=C/C(c2cn[nH]c2-c2ccc(F)c(C)n2)=C/C=C/C1=C/C(=C\C)C1=NCC(CCNC)=CC=C1. The first-order chi connectivity index (χ1) is 18.0. The Kier molecular flexibility index (Phi) is 8.54. The van der Waals surface area contributed by atoms with Gasteiger partial charge in [0.1, 0.15) is 5.82 Å². The Balaban J connectivity index is 1.58. The number of aromatic amines is 1. The van der Waals surface area contributed by atoms with Gasteiger partial charge >= 0.3 is 0 Å². The van der Waals surface area contributed by atoms with Crippen molar-refractivity contribution in [1.29, 1.82) is 0 Å². The highest BCUT2D eigenvalue weighted by atomic mass is 19.1. The Hall–Kier alpha value is -4.16. The van der Waals surface area contributed by atoms with Gasteiger partial charge in [0.25, 0.3) is 0 Å². The number of pyridine rings is 1. The number of hydrogen-bond acceptors (Lipinski definition) is 4. The van der Waals surface area contributed by atoms with E-state index in [0.717, 1.165) is 52.2 Å². The van der Waals surface area contributed by atoms with Crippen LogP contribution in [0.15, 0.2) is 113 Å². The molecule has 0 aromatic carbocycles. The molecule has 37 heavy (non-hydrogen) atoms. The Morgan fingerprint density at radius 2 is 2.00 bits per heavy atom. The van der Waals surface area contributed by atoms with Crippen molar-refractivity contribution in [2.45, 2.75) is 20.3 Å². The fourth-order valence-electron chi connectivity index (χ4n) is 4.08. The molecule has 188 valence electrons. The summed E-state index contributed by atoms with van der Waals surface area (Å²) in [5.74, 6) is -0.329. The van der Waals surface area contributed by atoms with Crippen LogP contribution in [-0.4, -0.2) is 41.0 Å². The number of H-pyrrole nitrogens is 1. The molecule has 0 saturated heterocycles. The van der Waals surface area contributed by atoms with Gasteiger partial charge in [-0.25, -0.2) is 9.37 Å². The number of nitrogens with zero attached hydrogens (tertiary/aromatic N) is 3. The van der Waals surface area contributed by atoms with Crippen molar-refractivity contribution in [1.82, 2.24) is 20.5 Å². The molecule has 0 spiro atoms. The molecular formula is C31H32FN5. The number of aromatic nitrogens is 3. The molecule has 2 aromatic rings. The molecule has 0 fully saturated rings. The first-order valence-electron chi connectivity index (χ1n) is 12.4. The Morgan fingerprint density at radius 3 is 2.78 bits per heavy atom. The van der Waals surface area contributed by atoms with E-state index >= 15 is 0 Å². The van der Waals surface area contributed by atoms with Gasteiger partial charge in [-0.1, -0.05) is 55.2 Å². The lowest BCUT2D eigenvalue weighted by Gasteiger charge is -2.10. The molecule has 0 unspecified atom stereocenters. The van der Waals surface area contributed by atoms with Crippen molar-refractivity contribution in [2.75, 3.05) is 20.1 Å². The molecule has 2 aliphatic rings. The molecule has 4 rings (SSSR count). The predicted molar refractivity (Wildman–Crippen MR) is 152 cm³/mol. The van der Waals surface area contributed by atoms with Crippen molar-refractivity contribution in [3.63, 3.8) is 0 Å². The molecule has 6 heteroatoms. The smallest absolute Gasteiger partial charge is 0.144 e. The second-order valence-corrected chi connectivity index (χ2v) is 8.84. The van der Waals surface area contributed by atoms with Gasteiger partial charge in [0.2, 0.25) is 0 Å². The monoisotopic (exact) mass is 493 g/mol. The molecule has 0 amide bonds. The number of rotatable bonds is 7. The van der Waals surface area contributed by atoms with E-state index in [1.165, 1.54) is 11.6 Å². The molecule has 2 aromatic heterocycles. The van der Waals surface area contributed by atoms with Crippen LogP contribution in [0.25, 0.3) is 17.0 Å². The normalized spacial score (nSPS) is 20.4. The Labute approximate surface area is 218 Å². The van der Waals surface area contributed by atoms with Crippen LogP contribution >= 0.6 is 0 Å². The molecule has 1 aliphatic carbocycles. The molecule has 0 radical (unpaired) electrons. The van der Waals surface area contributed by atoms with Crippen LogP contribution in [0.1, 0.15) is 24.6 Å². The summed E-state index contributed by atoms with van der Waals surface area (Å²) in [6.07, 6.45) is 23.3. The molecule has 0 atom stereocenters. The van der Waals surface area contributed by atoms with E-state index in [1.54, 1.807) is 19.2 Å². The summed E-state index contributed by atoms with van der Waals surface area (Å²) in [5.41, 5.74) is 8.77. The first kappa shape index (κ1) is 25.9. The van der Waals surface area contributed by atoms with E-state index in [9.17, 15) is 4.39 Å². The fourth-order valence-corrected chi connectivity index (χ4v) is 4.08. The van der Waals surface area contributed by atoms with E-state index in [1.807, 2.05) is 44.4 Å². The van der Waals surface area contributed by atoms with E-state index in [2.05, 4.69) is 57.5 Å². The van der Waals surface area contributed by atoms with Crippen LogP contribution in [0, 0.1) is 12.7 Å². The van der Waals surface area contributed by atoms with Crippen LogP contribution < -0.4 is 5.32 Å². The Morgan fingerprint density at radius 1 is 1.16 bits per heavy atom. The highest BCUT2D eigenvalue weighted by molar-refractivity contribution is 6.11. The minimum atomic E-state index is -0.329. The maximum atomic E-state index is 13.7. The van der Waals surface area contributed by atoms with E-state index in [-0.39, 0.29) is 5.82 Å². The second kappa shape index (κ2) is 12.2. The Bertz CT molecular complexity index is 1420. The summed E-state index contributed by atoms with van der Waals surface area (Å²) in [7, 11) is 1.96. The van der Waals surface area contributed by atoms with Crippen molar-refractivity contribution in [3.8, 4) is 11.4 Å². The van der Waals surface area contributed by atoms with Gasteiger partial charge in [0.15, 0.2) is 0 Å². The summed E-state index contributed by atoms with van der Waals surface area (Å²) in [5, 5.41) is 10.4. The third-order valence-corrected chi connectivity index (χ3v) is 6.27. The minimum Gasteiger partial charge on any atom is -0.319 e. The molecule has 2 N–H and O–H groups in total. The maximum Gasteiger partial charge on any atom is 0.144 e. The van der Waals surface area contributed by atoms with Crippen molar-refractivity contribution >= 4 is 11.3 Å². The number of aryl methyl sites for hydroxylation is 1. The fraction of sp³-hybridized carbons (Fsp3) is 0.194. The molecule has 5 nitrogen and oxygen atoms in total. The van der Waals surface area contributed by atoms with E-state index in [4.69, 9.17) is 4.99 Å². The zero-order chi connectivity index (χ0) is 26.2. The largest absolute Gasteiger partial charge is 0.319 e. The average molecular weight is 494 g/mol. The predicted octanol–water partition coefficient (Wildman–Crippen LogP) is 6.40. The van der Waals surface area contributed by atoms with Crippen molar-refractivity contribution in [3.05, 3.63) is 125 Å². The van der Waals surface area contributed by atoms with Crippen LogP contribution in [0.5, 0.6) is 0 Å². The van der Waals surface area contributed by atoms with E-state index < -0.39 is 0 Å². The topological polar surface area (TPSA) is 66.0 Å². The summed E-state index contributed by atoms with van der Waals surface area (Å²) >= 11 is 0. The quantitative estimate of drug-likeness (QED) is 0.469. The van der Waals surface area contributed by atoms with Crippen molar-refractivity contribution < 1.29 is 4.39 Å². The first-order valence-corrected chi connectivity index (χ1v) is 12.4. The summed E-state index contributed by atoms with van der Waals surface area (Å²) < 4.78 is 13.7. The summed E-state index contributed by atoms with van der Waals surface area (Å²) in [6, 6.07) is 3.08. The molecule has 0 bridgehead atoms. The van der Waals surface area contributed by atoms with Gasteiger partial charge in [-0.3, -0.25) is 10.1 Å². The number of aliphatic imine (C=N–C) groups is 1. The van der Waals surface area contributed by atoms with Gasteiger partial charge in [0, 0.05) is 5.56 Å². The number of nitrogens with one attached hydrogen (secondary N) is 2. The van der Waals surface area contributed by atoms with Crippen LogP contribution in [0.4, 0.5) is 4.39 Å². The third kappa shape index (κ3) is 6.35. The second-order valence-electron chi connectivity index (χ2n) is 8.84. The molecule has 0 saturated carbocycles. The summed E-state index contributed by atoms with van der Waals surface area (Å²) in [4.78, 5) is 9.23. The summed E-state index contributed by atoms with van der Waals surface area (Å²) in [6.45, 7) is 9.62. The number of allylic oxidation sites excluding steroid dienone is 14. The van der Waals surface area contributed by atoms with Crippen LogP contribution in [0.2, 0.25) is 0 Å². The highest BCUT2D eigenvalue weighted by Gasteiger charge is 2.14. The molecule has 3 heterocycles. The zero-order valence-corrected chi connectivity index (χ0v) is 21.6. The maximum absolute atomic E-state index is 13.7. The lowest BCUT2D eigenvalue weighted by molar-refractivity contribution is 0.610. The molecular weight excluding hydrogens is 461 g/mol. The lowest BCUT2D eigenvalue weighted by Crippen LogP contribution is -2.09. The minimum absolute atomic E-state index is 0.329. The standard InChI is InChI=1S/C31H32FN5/c1-5-24(29-11-6-8-23(19-34-29)16-17-33-4)18-26-10-7-9-25(13-12-21(26)2)27-20-35-37-31(27)30-15-14-28(32)22(3)36-30/h5-15,18,20,33H,2,16-17,19H2,1,3-4H3,(H,35,37)/b10-7+,13-12-,24-5+,25-9-,26-18-. The number of halogens is 1. The van der Waals surface area contributed by atoms with E-state index in [0.29, 0.717) is 17.9 Å². The average Bonchev–Trinajstić information content (AvgIpc) is 3.26. The van der Waals surface area contributed by atoms with Gasteiger partial charge in [-0.15, -0.1) is 0 Å². The van der Waals surface area contributed by atoms with Crippen molar-refractivity contribution in [2.24, 2.45) is 4.99 Å². The zero-order valence-electron chi connectivity index (χ0n) is 21.6. The van der Waals surface area contributed by atoms with Gasteiger partial charge in [-0.05, 0) is 86.0 Å². The van der Waals surface area contributed by atoms with Gasteiger partial charge in [-0.2, -0.15) is 5.10 Å². The van der Waals surface area contributed by atoms with Gasteiger partial charge in [0.05, 0.1) is 35.5 Å². The van der Waals surface area contributed by atoms with Crippen LogP contribution in [0.3, 0.4) is 0 Å². The number of hydrogen-bond donors (Lipinski definition) is 2. The van der Waals surface area contributed by atoms with Crippen LogP contribution in [-0.2, 0) is 0 Å². The van der Waals surface area contributed by atoms with Gasteiger partial charge < -0.3 is 5.32 Å². The highest BCUT2D eigenvalue weighted by Crippen LogP contribution is 2.29. The lowest BCUT2D eigenvalue weighted by atomic mass is 9.96.